The Kier molecular flexibility index (Phi) is 5.72. The first-order chi connectivity index (χ1) is 8.15. The van der Waals surface area contributed by atoms with E-state index in [1.165, 1.54) is 18.4 Å². The van der Waals surface area contributed by atoms with Crippen LogP contribution in [-0.4, -0.2) is 32.1 Å². The highest BCUT2D eigenvalue weighted by molar-refractivity contribution is 5.04. The largest absolute Gasteiger partial charge is 0.472 e. The Morgan fingerprint density at radius 1 is 1.35 bits per heavy atom. The normalized spacial score (nSPS) is 12.3. The van der Waals surface area contributed by atoms with E-state index in [1.54, 1.807) is 6.26 Å². The van der Waals surface area contributed by atoms with Crippen LogP contribution in [0.1, 0.15) is 32.3 Å². The number of furan rings is 1. The first-order valence-corrected chi connectivity index (χ1v) is 6.50. The van der Waals surface area contributed by atoms with Crippen molar-refractivity contribution < 1.29 is 4.42 Å². The van der Waals surface area contributed by atoms with Gasteiger partial charge in [0.15, 0.2) is 0 Å². The van der Waals surface area contributed by atoms with E-state index >= 15 is 0 Å². The van der Waals surface area contributed by atoms with Crippen LogP contribution in [0.2, 0.25) is 0 Å². The van der Waals surface area contributed by atoms with Gasteiger partial charge in [-0.25, -0.2) is 0 Å². The van der Waals surface area contributed by atoms with Crippen molar-refractivity contribution in [2.45, 2.75) is 33.2 Å². The van der Waals surface area contributed by atoms with Crippen LogP contribution in [0, 0.1) is 5.41 Å². The van der Waals surface area contributed by atoms with Crippen molar-refractivity contribution in [1.82, 2.24) is 10.2 Å². The topological polar surface area (TPSA) is 28.4 Å². The predicted octanol–water partition coefficient (Wildman–Crippen LogP) is 2.74. The minimum atomic E-state index is 0.382. The molecule has 0 radical (unpaired) electrons. The Labute approximate surface area is 105 Å². The molecule has 1 heterocycles. The van der Waals surface area contributed by atoms with Crippen molar-refractivity contribution in [2.24, 2.45) is 5.41 Å². The Bertz CT molecular complexity index is 291. The molecule has 3 nitrogen and oxygen atoms in total. The number of hydrogen-bond donors (Lipinski definition) is 1. The fourth-order valence-corrected chi connectivity index (χ4v) is 2.48. The highest BCUT2D eigenvalue weighted by Crippen LogP contribution is 2.26. The third-order valence-electron chi connectivity index (χ3n) is 3.69. The molecule has 0 amide bonds. The molecule has 3 heteroatoms. The Balaban J connectivity index is 2.54. The second-order valence-electron chi connectivity index (χ2n) is 5.04. The molecule has 0 fully saturated rings. The molecule has 0 aliphatic rings. The van der Waals surface area contributed by atoms with Crippen LogP contribution >= 0.6 is 0 Å². The van der Waals surface area contributed by atoms with E-state index in [0.717, 1.165) is 19.6 Å². The maximum atomic E-state index is 5.11. The monoisotopic (exact) mass is 238 g/mol. The summed E-state index contributed by atoms with van der Waals surface area (Å²) >= 11 is 0. The maximum Gasteiger partial charge on any atom is 0.0947 e. The SMILES string of the molecule is CCC(CC)(CNC)CN(C)Cc1ccoc1. The Morgan fingerprint density at radius 2 is 2.06 bits per heavy atom. The molecule has 0 unspecified atom stereocenters. The molecule has 0 atom stereocenters. The summed E-state index contributed by atoms with van der Waals surface area (Å²) in [7, 11) is 4.22. The summed E-state index contributed by atoms with van der Waals surface area (Å²) in [5.41, 5.74) is 1.63. The van der Waals surface area contributed by atoms with Gasteiger partial charge in [0, 0.05) is 25.2 Å². The molecule has 1 rings (SSSR count). The molecule has 0 aromatic carbocycles. The van der Waals surface area contributed by atoms with Crippen LogP contribution in [0.3, 0.4) is 0 Å². The quantitative estimate of drug-likeness (QED) is 0.755. The number of nitrogens with zero attached hydrogens (tertiary/aromatic N) is 1. The van der Waals surface area contributed by atoms with Crippen LogP contribution in [0.25, 0.3) is 0 Å². The molecule has 17 heavy (non-hydrogen) atoms. The molecule has 0 saturated carbocycles. The molecule has 98 valence electrons. The van der Waals surface area contributed by atoms with Gasteiger partial charge in [-0.1, -0.05) is 13.8 Å². The molecule has 0 spiro atoms. The van der Waals surface area contributed by atoms with Gasteiger partial charge in [-0.05, 0) is 38.4 Å². The van der Waals surface area contributed by atoms with Crippen LogP contribution in [0.5, 0.6) is 0 Å². The van der Waals surface area contributed by atoms with Gasteiger partial charge >= 0.3 is 0 Å². The first kappa shape index (κ1) is 14.3. The maximum absolute atomic E-state index is 5.11. The predicted molar refractivity (Wildman–Crippen MR) is 72.0 cm³/mol. The summed E-state index contributed by atoms with van der Waals surface area (Å²) in [6.07, 6.45) is 5.98. The van der Waals surface area contributed by atoms with Crippen molar-refractivity contribution in [3.63, 3.8) is 0 Å². The molecular weight excluding hydrogens is 212 g/mol. The van der Waals surface area contributed by atoms with Gasteiger partial charge in [-0.2, -0.15) is 0 Å². The lowest BCUT2D eigenvalue weighted by Gasteiger charge is -2.35. The molecule has 0 aliphatic carbocycles. The van der Waals surface area contributed by atoms with Crippen LogP contribution in [-0.2, 0) is 6.54 Å². The fourth-order valence-electron chi connectivity index (χ4n) is 2.48. The number of nitrogens with one attached hydrogen (secondary N) is 1. The van der Waals surface area contributed by atoms with Crippen molar-refractivity contribution in [3.8, 4) is 0 Å². The minimum absolute atomic E-state index is 0.382. The van der Waals surface area contributed by atoms with E-state index in [-0.39, 0.29) is 0 Å². The van der Waals surface area contributed by atoms with Crippen LogP contribution in [0.15, 0.2) is 23.0 Å². The smallest absolute Gasteiger partial charge is 0.0947 e. The molecule has 1 N–H and O–H groups in total. The first-order valence-electron chi connectivity index (χ1n) is 6.50. The summed E-state index contributed by atoms with van der Waals surface area (Å²) in [6, 6.07) is 2.04. The molecule has 0 aliphatic heterocycles. The third-order valence-corrected chi connectivity index (χ3v) is 3.69. The molecule has 0 saturated heterocycles. The summed E-state index contributed by atoms with van der Waals surface area (Å²) in [4.78, 5) is 2.38. The van der Waals surface area contributed by atoms with Crippen molar-refractivity contribution in [1.29, 1.82) is 0 Å². The standard InChI is InChI=1S/C14H26N2O/c1-5-14(6-2,11-15-3)12-16(4)9-13-7-8-17-10-13/h7-8,10,15H,5-6,9,11-12H2,1-4H3. The molecule has 1 aromatic heterocycles. The molecular formula is C14H26N2O. The van der Waals surface area contributed by atoms with E-state index in [2.05, 4.69) is 31.1 Å². The number of hydrogen-bond acceptors (Lipinski definition) is 3. The van der Waals surface area contributed by atoms with Crippen molar-refractivity contribution >= 4 is 0 Å². The third kappa shape index (κ3) is 4.17. The lowest BCUT2D eigenvalue weighted by atomic mass is 9.81. The molecule has 1 aromatic rings. The lowest BCUT2D eigenvalue weighted by molar-refractivity contribution is 0.153. The second-order valence-corrected chi connectivity index (χ2v) is 5.04. The average molecular weight is 238 g/mol. The van der Waals surface area contributed by atoms with Gasteiger partial charge in [0.2, 0.25) is 0 Å². The van der Waals surface area contributed by atoms with E-state index in [4.69, 9.17) is 4.42 Å². The van der Waals surface area contributed by atoms with Gasteiger partial charge in [0.25, 0.3) is 0 Å². The van der Waals surface area contributed by atoms with E-state index in [0.29, 0.717) is 5.41 Å². The minimum Gasteiger partial charge on any atom is -0.472 e. The summed E-state index contributed by atoms with van der Waals surface area (Å²) in [5.74, 6) is 0. The van der Waals surface area contributed by atoms with Gasteiger partial charge < -0.3 is 14.6 Å². The molecule has 0 bridgehead atoms. The Morgan fingerprint density at radius 3 is 2.53 bits per heavy atom. The summed E-state index contributed by atoms with van der Waals surface area (Å²) in [5, 5.41) is 3.33. The Hall–Kier alpha value is -0.800. The number of rotatable bonds is 8. The average Bonchev–Trinajstić information content (AvgIpc) is 2.81. The van der Waals surface area contributed by atoms with E-state index < -0.39 is 0 Å². The van der Waals surface area contributed by atoms with E-state index in [9.17, 15) is 0 Å². The summed E-state index contributed by atoms with van der Waals surface area (Å²) in [6.45, 7) is 7.72. The fraction of sp³-hybridized carbons (Fsp3) is 0.714. The second kappa shape index (κ2) is 6.82. The van der Waals surface area contributed by atoms with Crippen molar-refractivity contribution in [3.05, 3.63) is 24.2 Å². The highest BCUT2D eigenvalue weighted by atomic mass is 16.3. The van der Waals surface area contributed by atoms with Gasteiger partial charge in [-0.3, -0.25) is 0 Å². The lowest BCUT2D eigenvalue weighted by Crippen LogP contribution is -2.41. The zero-order valence-corrected chi connectivity index (χ0v) is 11.6. The van der Waals surface area contributed by atoms with Gasteiger partial charge in [0.05, 0.1) is 12.5 Å². The van der Waals surface area contributed by atoms with Gasteiger partial charge in [0.1, 0.15) is 0 Å². The highest BCUT2D eigenvalue weighted by Gasteiger charge is 2.26. The van der Waals surface area contributed by atoms with Crippen LogP contribution < -0.4 is 5.32 Å². The zero-order chi connectivity index (χ0) is 12.7. The van der Waals surface area contributed by atoms with E-state index in [1.807, 2.05) is 19.4 Å². The van der Waals surface area contributed by atoms with Gasteiger partial charge in [-0.15, -0.1) is 0 Å². The van der Waals surface area contributed by atoms with Crippen LogP contribution in [0.4, 0.5) is 0 Å². The van der Waals surface area contributed by atoms with Crippen molar-refractivity contribution in [2.75, 3.05) is 27.2 Å². The zero-order valence-electron chi connectivity index (χ0n) is 11.6. The summed E-state index contributed by atoms with van der Waals surface area (Å²) < 4.78 is 5.11.